The van der Waals surface area contributed by atoms with Crippen LogP contribution in [0.15, 0.2) is 36.4 Å². The summed E-state index contributed by atoms with van der Waals surface area (Å²) in [7, 11) is 1.64. The van der Waals surface area contributed by atoms with Gasteiger partial charge in [0.15, 0.2) is 0 Å². The first-order valence-corrected chi connectivity index (χ1v) is 10.7. The van der Waals surface area contributed by atoms with Gasteiger partial charge in [0.25, 0.3) is 0 Å². The van der Waals surface area contributed by atoms with E-state index in [1.54, 1.807) is 7.11 Å². The lowest BCUT2D eigenvalue weighted by Gasteiger charge is -2.29. The van der Waals surface area contributed by atoms with Gasteiger partial charge in [-0.25, -0.2) is 0 Å². The molecule has 0 N–H and O–H groups in total. The summed E-state index contributed by atoms with van der Waals surface area (Å²) in [5.74, 6) is 0.121. The van der Waals surface area contributed by atoms with Crippen molar-refractivity contribution >= 4 is 11.8 Å². The SMILES string of the molecule is COc1cccc(CN2C[C@]34C=C[C@H](O3)[C@H](C(=O)N3CCCCCC3)[C@H]4C2=O)c1. The number of benzene rings is 1. The van der Waals surface area contributed by atoms with Crippen LogP contribution in [0.3, 0.4) is 0 Å². The Labute approximate surface area is 171 Å². The number of likely N-dealkylation sites (tertiary alicyclic amines) is 2. The van der Waals surface area contributed by atoms with Crippen LogP contribution in [0.25, 0.3) is 0 Å². The molecule has 2 bridgehead atoms. The van der Waals surface area contributed by atoms with E-state index in [0.717, 1.165) is 37.2 Å². The van der Waals surface area contributed by atoms with Gasteiger partial charge in [-0.3, -0.25) is 9.59 Å². The van der Waals surface area contributed by atoms with Crippen molar-refractivity contribution in [2.24, 2.45) is 11.8 Å². The van der Waals surface area contributed by atoms with Crippen LogP contribution in [-0.2, 0) is 20.9 Å². The molecule has 0 aliphatic carbocycles. The molecule has 3 saturated heterocycles. The van der Waals surface area contributed by atoms with Gasteiger partial charge >= 0.3 is 0 Å². The van der Waals surface area contributed by atoms with Crippen LogP contribution in [0.4, 0.5) is 0 Å². The molecule has 4 atom stereocenters. The Morgan fingerprint density at radius 1 is 1.24 bits per heavy atom. The van der Waals surface area contributed by atoms with Crippen molar-refractivity contribution in [3.8, 4) is 5.75 Å². The standard InChI is InChI=1S/C23H28N2O4/c1-28-17-8-6-7-16(13-17)14-25-15-23-10-9-18(29-23)19(20(23)22(25)27)21(26)24-11-4-2-3-5-12-24/h6-10,13,18-20H,2-5,11-12,14-15H2,1H3/t18-,19-,20-,23-/m0/s1. The van der Waals surface area contributed by atoms with Gasteiger partial charge in [0.05, 0.1) is 31.6 Å². The zero-order valence-electron chi connectivity index (χ0n) is 16.9. The lowest BCUT2D eigenvalue weighted by atomic mass is 9.76. The molecule has 29 heavy (non-hydrogen) atoms. The highest BCUT2D eigenvalue weighted by molar-refractivity contribution is 5.93. The maximum absolute atomic E-state index is 13.4. The third kappa shape index (κ3) is 3.05. The minimum atomic E-state index is -0.646. The summed E-state index contributed by atoms with van der Waals surface area (Å²) >= 11 is 0. The Morgan fingerprint density at radius 2 is 2.03 bits per heavy atom. The molecule has 0 aromatic heterocycles. The molecule has 1 spiro atoms. The molecule has 5 rings (SSSR count). The van der Waals surface area contributed by atoms with Gasteiger partial charge in [0.2, 0.25) is 11.8 Å². The molecule has 4 aliphatic rings. The Morgan fingerprint density at radius 3 is 2.79 bits per heavy atom. The van der Waals surface area contributed by atoms with E-state index in [-0.39, 0.29) is 23.8 Å². The van der Waals surface area contributed by atoms with Crippen LogP contribution in [-0.4, -0.2) is 60.1 Å². The Hall–Kier alpha value is -2.34. The number of hydrogen-bond donors (Lipinski definition) is 0. The first-order chi connectivity index (χ1) is 14.1. The molecule has 4 aliphatic heterocycles. The molecule has 0 saturated carbocycles. The Balaban J connectivity index is 1.37. The third-order valence-corrected chi connectivity index (χ3v) is 6.89. The van der Waals surface area contributed by atoms with Crippen molar-refractivity contribution < 1.29 is 19.1 Å². The third-order valence-electron chi connectivity index (χ3n) is 6.89. The van der Waals surface area contributed by atoms with E-state index in [4.69, 9.17) is 9.47 Å². The summed E-state index contributed by atoms with van der Waals surface area (Å²) in [6.45, 7) is 2.60. The summed E-state index contributed by atoms with van der Waals surface area (Å²) < 4.78 is 11.6. The summed E-state index contributed by atoms with van der Waals surface area (Å²) in [6.07, 6.45) is 8.21. The Kier molecular flexibility index (Phi) is 4.62. The van der Waals surface area contributed by atoms with E-state index in [2.05, 4.69) is 0 Å². The molecule has 0 radical (unpaired) electrons. The number of fused-ring (bicyclic) bond motifs is 1. The van der Waals surface area contributed by atoms with Gasteiger partial charge in [0.1, 0.15) is 11.4 Å². The largest absolute Gasteiger partial charge is 0.497 e. The maximum atomic E-state index is 13.4. The highest BCUT2D eigenvalue weighted by atomic mass is 16.5. The van der Waals surface area contributed by atoms with Crippen LogP contribution in [0, 0.1) is 11.8 Å². The highest BCUT2D eigenvalue weighted by Gasteiger charge is 2.67. The molecule has 2 amide bonds. The lowest BCUT2D eigenvalue weighted by molar-refractivity contribution is -0.143. The molecule has 3 fully saturated rings. The van der Waals surface area contributed by atoms with Gasteiger partial charge in [-0.05, 0) is 30.5 Å². The smallest absolute Gasteiger partial charge is 0.230 e. The van der Waals surface area contributed by atoms with Gasteiger partial charge in [-0.1, -0.05) is 37.1 Å². The van der Waals surface area contributed by atoms with Gasteiger partial charge in [0, 0.05) is 19.6 Å². The van der Waals surface area contributed by atoms with Crippen molar-refractivity contribution in [2.75, 3.05) is 26.7 Å². The minimum Gasteiger partial charge on any atom is -0.497 e. The van der Waals surface area contributed by atoms with E-state index in [0.29, 0.717) is 13.1 Å². The maximum Gasteiger partial charge on any atom is 0.230 e. The van der Waals surface area contributed by atoms with Crippen LogP contribution < -0.4 is 4.74 Å². The normalized spacial score (nSPS) is 33.1. The van der Waals surface area contributed by atoms with Crippen molar-refractivity contribution in [3.63, 3.8) is 0 Å². The average molecular weight is 396 g/mol. The van der Waals surface area contributed by atoms with Crippen LogP contribution in [0.1, 0.15) is 31.2 Å². The topological polar surface area (TPSA) is 59.1 Å². The lowest BCUT2D eigenvalue weighted by Crippen LogP contribution is -2.46. The average Bonchev–Trinajstić information content (AvgIpc) is 3.26. The quantitative estimate of drug-likeness (QED) is 0.734. The first kappa shape index (κ1) is 18.7. The van der Waals surface area contributed by atoms with Gasteiger partial charge in [-0.2, -0.15) is 0 Å². The van der Waals surface area contributed by atoms with Crippen LogP contribution in [0.2, 0.25) is 0 Å². The molecule has 1 aromatic carbocycles. The number of carbonyl (C=O) groups excluding carboxylic acids is 2. The monoisotopic (exact) mass is 396 g/mol. The summed E-state index contributed by atoms with van der Waals surface area (Å²) in [5.41, 5.74) is 0.371. The fraction of sp³-hybridized carbons (Fsp3) is 0.565. The van der Waals surface area contributed by atoms with E-state index in [1.165, 1.54) is 12.8 Å². The zero-order valence-corrected chi connectivity index (χ0v) is 16.9. The van der Waals surface area contributed by atoms with Gasteiger partial charge < -0.3 is 19.3 Å². The van der Waals surface area contributed by atoms with Crippen molar-refractivity contribution in [3.05, 3.63) is 42.0 Å². The predicted molar refractivity (Wildman–Crippen MR) is 107 cm³/mol. The zero-order chi connectivity index (χ0) is 20.0. The van der Waals surface area contributed by atoms with E-state index in [1.807, 2.05) is 46.2 Å². The fourth-order valence-corrected chi connectivity index (χ4v) is 5.49. The second kappa shape index (κ2) is 7.17. The Bertz CT molecular complexity index is 845. The number of ether oxygens (including phenoxy) is 2. The van der Waals surface area contributed by atoms with E-state index < -0.39 is 11.5 Å². The first-order valence-electron chi connectivity index (χ1n) is 10.7. The molecule has 6 heteroatoms. The summed E-state index contributed by atoms with van der Waals surface area (Å²) in [5, 5.41) is 0. The second-order valence-corrected chi connectivity index (χ2v) is 8.69. The van der Waals surface area contributed by atoms with Gasteiger partial charge in [-0.15, -0.1) is 0 Å². The fourth-order valence-electron chi connectivity index (χ4n) is 5.49. The predicted octanol–water partition coefficient (Wildman–Crippen LogP) is 2.38. The summed E-state index contributed by atoms with van der Waals surface area (Å²) in [6, 6.07) is 7.77. The molecule has 0 unspecified atom stereocenters. The number of amides is 2. The van der Waals surface area contributed by atoms with Crippen LogP contribution >= 0.6 is 0 Å². The van der Waals surface area contributed by atoms with Crippen molar-refractivity contribution in [2.45, 2.75) is 43.9 Å². The van der Waals surface area contributed by atoms with Crippen molar-refractivity contribution in [1.82, 2.24) is 9.80 Å². The highest BCUT2D eigenvalue weighted by Crippen LogP contribution is 2.52. The number of hydrogen-bond acceptors (Lipinski definition) is 4. The number of rotatable bonds is 4. The molecule has 6 nitrogen and oxygen atoms in total. The molecular weight excluding hydrogens is 368 g/mol. The molecule has 4 heterocycles. The molecule has 154 valence electrons. The minimum absolute atomic E-state index is 0.0350. The number of methoxy groups -OCH3 is 1. The second-order valence-electron chi connectivity index (χ2n) is 8.69. The van der Waals surface area contributed by atoms with E-state index >= 15 is 0 Å². The molecule has 1 aromatic rings. The van der Waals surface area contributed by atoms with Crippen LogP contribution in [0.5, 0.6) is 5.75 Å². The molecular formula is C23H28N2O4. The summed E-state index contributed by atoms with van der Waals surface area (Å²) in [4.78, 5) is 30.6. The number of nitrogens with zero attached hydrogens (tertiary/aromatic N) is 2. The van der Waals surface area contributed by atoms with Crippen molar-refractivity contribution in [1.29, 1.82) is 0 Å². The van der Waals surface area contributed by atoms with E-state index in [9.17, 15) is 9.59 Å². The number of carbonyl (C=O) groups is 2.